The minimum atomic E-state index is -2.32. The third-order valence-electron chi connectivity index (χ3n) is 2.63. The number of hydrogen-bond acceptors (Lipinski definition) is 2. The zero-order chi connectivity index (χ0) is 16.2. The molecule has 1 amide bonds. The van der Waals surface area contributed by atoms with Gasteiger partial charge in [0.05, 0.1) is 6.61 Å². The van der Waals surface area contributed by atoms with Crippen LogP contribution in [0.2, 0.25) is 0 Å². The molecule has 9 heteroatoms. The summed E-state index contributed by atoms with van der Waals surface area (Å²) < 4.78 is 70.9. The Morgan fingerprint density at radius 3 is 1.90 bits per heavy atom. The monoisotopic (exact) mass is 331 g/mol. The Hall–Kier alpha value is -1.41. The van der Waals surface area contributed by atoms with Crippen molar-refractivity contribution in [3.63, 3.8) is 0 Å². The first-order valence-corrected chi connectivity index (χ1v) is 6.25. The average molecular weight is 332 g/mol. The third kappa shape index (κ3) is 3.62. The van der Waals surface area contributed by atoms with E-state index in [0.717, 1.165) is 4.90 Å². The summed E-state index contributed by atoms with van der Waals surface area (Å²) in [6, 6.07) is 0. The van der Waals surface area contributed by atoms with Crippen LogP contribution in [0, 0.1) is 29.1 Å². The summed E-state index contributed by atoms with van der Waals surface area (Å²) in [5, 5.41) is 0. The lowest BCUT2D eigenvalue weighted by molar-refractivity contribution is 0.0695. The molecule has 0 bridgehead atoms. The molecule has 3 nitrogen and oxygen atoms in total. The highest BCUT2D eigenvalue weighted by molar-refractivity contribution is 6.18. The Kier molecular flexibility index (Phi) is 6.35. The van der Waals surface area contributed by atoms with Crippen LogP contribution < -0.4 is 0 Å². The molecule has 0 aliphatic rings. The number of hydrogen-bond donors (Lipinski definition) is 0. The van der Waals surface area contributed by atoms with E-state index in [1.54, 1.807) is 0 Å². The van der Waals surface area contributed by atoms with Gasteiger partial charge in [-0.3, -0.25) is 4.79 Å². The van der Waals surface area contributed by atoms with Crippen LogP contribution in [0.25, 0.3) is 0 Å². The topological polar surface area (TPSA) is 29.5 Å². The Labute approximate surface area is 122 Å². The minimum absolute atomic E-state index is 0.0119. The fourth-order valence-corrected chi connectivity index (χ4v) is 1.77. The molecule has 0 aliphatic heterocycles. The van der Waals surface area contributed by atoms with Crippen LogP contribution in [0.5, 0.6) is 0 Å². The van der Waals surface area contributed by atoms with Gasteiger partial charge in [0, 0.05) is 26.1 Å². The minimum Gasteiger partial charge on any atom is -0.383 e. The molecule has 0 spiro atoms. The van der Waals surface area contributed by atoms with Crippen molar-refractivity contribution < 1.29 is 31.5 Å². The molecule has 1 rings (SSSR count). The zero-order valence-electron chi connectivity index (χ0n) is 10.9. The number of halogens is 6. The van der Waals surface area contributed by atoms with Crippen LogP contribution in [0.4, 0.5) is 22.0 Å². The van der Waals surface area contributed by atoms with Crippen molar-refractivity contribution in [2.45, 2.75) is 0 Å². The fraction of sp³-hybridized carbons (Fsp3) is 0.417. The molecule has 118 valence electrons. The standard InChI is InChI=1S/C12H11ClF5NO2/c1-21-5-4-19(3-2-13)12(20)6-7(14)9(16)11(18)10(17)8(6)15/h2-5H2,1H3. The average Bonchev–Trinajstić information content (AvgIpc) is 2.47. The summed E-state index contributed by atoms with van der Waals surface area (Å²) >= 11 is 5.44. The van der Waals surface area contributed by atoms with Crippen molar-refractivity contribution in [1.82, 2.24) is 4.90 Å². The van der Waals surface area contributed by atoms with E-state index < -0.39 is 40.6 Å². The van der Waals surface area contributed by atoms with Gasteiger partial charge >= 0.3 is 0 Å². The van der Waals surface area contributed by atoms with Crippen molar-refractivity contribution in [3.05, 3.63) is 34.6 Å². The van der Waals surface area contributed by atoms with Crippen molar-refractivity contribution in [1.29, 1.82) is 0 Å². The van der Waals surface area contributed by atoms with Crippen LogP contribution >= 0.6 is 11.6 Å². The number of nitrogens with zero attached hydrogens (tertiary/aromatic N) is 1. The number of carbonyl (C=O) groups excluding carboxylic acids is 1. The summed E-state index contributed by atoms with van der Waals surface area (Å²) in [6.45, 7) is -0.233. The predicted octanol–water partition coefficient (Wildman–Crippen LogP) is 2.71. The smallest absolute Gasteiger partial charge is 0.260 e. The van der Waals surface area contributed by atoms with E-state index in [9.17, 15) is 26.7 Å². The van der Waals surface area contributed by atoms with Gasteiger partial charge in [0.25, 0.3) is 5.91 Å². The number of benzene rings is 1. The number of alkyl halides is 1. The van der Waals surface area contributed by atoms with Gasteiger partial charge in [0.15, 0.2) is 23.3 Å². The van der Waals surface area contributed by atoms with E-state index >= 15 is 0 Å². The first kappa shape index (κ1) is 17.6. The van der Waals surface area contributed by atoms with Crippen molar-refractivity contribution in [2.75, 3.05) is 32.7 Å². The van der Waals surface area contributed by atoms with Gasteiger partial charge in [-0.15, -0.1) is 11.6 Å². The second-order valence-corrected chi connectivity index (χ2v) is 4.30. The molecule has 0 saturated carbocycles. The van der Waals surface area contributed by atoms with Crippen molar-refractivity contribution in [2.24, 2.45) is 0 Å². The highest BCUT2D eigenvalue weighted by Gasteiger charge is 2.31. The van der Waals surface area contributed by atoms with Gasteiger partial charge in [0.1, 0.15) is 5.56 Å². The third-order valence-corrected chi connectivity index (χ3v) is 2.80. The van der Waals surface area contributed by atoms with E-state index in [2.05, 4.69) is 0 Å². The molecule has 0 radical (unpaired) electrons. The van der Waals surface area contributed by atoms with E-state index in [4.69, 9.17) is 16.3 Å². The highest BCUT2D eigenvalue weighted by atomic mass is 35.5. The Bertz CT molecular complexity index is 512. The second kappa shape index (κ2) is 7.56. The number of rotatable bonds is 6. The number of amides is 1. The summed E-state index contributed by atoms with van der Waals surface area (Å²) in [5.41, 5.74) is -1.51. The molecule has 0 N–H and O–H groups in total. The van der Waals surface area contributed by atoms with Gasteiger partial charge in [0.2, 0.25) is 5.82 Å². The van der Waals surface area contributed by atoms with Gasteiger partial charge in [-0.25, -0.2) is 22.0 Å². The van der Waals surface area contributed by atoms with Crippen LogP contribution in [0.3, 0.4) is 0 Å². The van der Waals surface area contributed by atoms with Gasteiger partial charge in [-0.05, 0) is 0 Å². The molecule has 0 fully saturated rings. The molecule has 1 aromatic carbocycles. The maximum absolute atomic E-state index is 13.5. The molecule has 1 aromatic rings. The number of carbonyl (C=O) groups is 1. The SMILES string of the molecule is COCCN(CCCl)C(=O)c1c(F)c(F)c(F)c(F)c1F. The van der Waals surface area contributed by atoms with Gasteiger partial charge < -0.3 is 9.64 Å². The van der Waals surface area contributed by atoms with Crippen molar-refractivity contribution >= 4 is 17.5 Å². The van der Waals surface area contributed by atoms with E-state index in [0.29, 0.717) is 0 Å². The Morgan fingerprint density at radius 2 is 1.48 bits per heavy atom. The first-order valence-electron chi connectivity index (χ1n) is 5.72. The molecule has 0 saturated heterocycles. The maximum atomic E-state index is 13.5. The lowest BCUT2D eigenvalue weighted by Gasteiger charge is -2.22. The van der Waals surface area contributed by atoms with E-state index in [-0.39, 0.29) is 25.6 Å². The summed E-state index contributed by atoms with van der Waals surface area (Å²) in [7, 11) is 1.32. The van der Waals surface area contributed by atoms with Gasteiger partial charge in [-0.2, -0.15) is 0 Å². The second-order valence-electron chi connectivity index (χ2n) is 3.92. The lowest BCUT2D eigenvalue weighted by Crippen LogP contribution is -2.37. The van der Waals surface area contributed by atoms with Crippen LogP contribution in [-0.4, -0.2) is 43.5 Å². The molecular weight excluding hydrogens is 321 g/mol. The molecule has 0 heterocycles. The Morgan fingerprint density at radius 1 is 1.00 bits per heavy atom. The normalized spacial score (nSPS) is 10.8. The van der Waals surface area contributed by atoms with Crippen molar-refractivity contribution in [3.8, 4) is 0 Å². The Balaban J connectivity index is 3.27. The maximum Gasteiger partial charge on any atom is 0.260 e. The highest BCUT2D eigenvalue weighted by Crippen LogP contribution is 2.24. The van der Waals surface area contributed by atoms with Crippen LogP contribution in [0.1, 0.15) is 10.4 Å². The number of methoxy groups -OCH3 is 1. The summed E-state index contributed by atoms with van der Waals surface area (Å²) in [4.78, 5) is 12.8. The van der Waals surface area contributed by atoms with Crippen LogP contribution in [0.15, 0.2) is 0 Å². The zero-order valence-corrected chi connectivity index (χ0v) is 11.6. The summed E-state index contributed by atoms with van der Waals surface area (Å²) in [5.74, 6) is -12.4. The van der Waals surface area contributed by atoms with E-state index in [1.807, 2.05) is 0 Å². The van der Waals surface area contributed by atoms with Gasteiger partial charge in [-0.1, -0.05) is 0 Å². The van der Waals surface area contributed by atoms with Crippen LogP contribution in [-0.2, 0) is 4.74 Å². The predicted molar refractivity (Wildman–Crippen MR) is 64.7 cm³/mol. The molecule has 0 unspecified atom stereocenters. The van der Waals surface area contributed by atoms with E-state index in [1.165, 1.54) is 7.11 Å². The largest absolute Gasteiger partial charge is 0.383 e. The molecule has 0 aliphatic carbocycles. The molecule has 0 aromatic heterocycles. The molecule has 0 atom stereocenters. The quantitative estimate of drug-likeness (QED) is 0.347. The first-order chi connectivity index (χ1) is 9.86. The summed E-state index contributed by atoms with van der Waals surface area (Å²) in [6.07, 6.45) is 0. The fourth-order valence-electron chi connectivity index (χ4n) is 1.57. The lowest BCUT2D eigenvalue weighted by atomic mass is 10.1. The molecular formula is C12H11ClF5NO2. The molecule has 21 heavy (non-hydrogen) atoms. The number of ether oxygens (including phenoxy) is 1.